The van der Waals surface area contributed by atoms with Gasteiger partial charge < -0.3 is 9.64 Å². The van der Waals surface area contributed by atoms with Gasteiger partial charge in [0, 0.05) is 19.1 Å². The van der Waals surface area contributed by atoms with Crippen molar-refractivity contribution in [1.82, 2.24) is 4.90 Å². The van der Waals surface area contributed by atoms with Gasteiger partial charge in [0.05, 0.1) is 18.2 Å². The molecule has 3 fully saturated rings. The minimum Gasteiger partial charge on any atom is -0.376 e. The Morgan fingerprint density at radius 1 is 1.04 bits per heavy atom. The highest BCUT2D eigenvalue weighted by Gasteiger charge is 2.46. The highest BCUT2D eigenvalue weighted by Crippen LogP contribution is 2.31. The molecule has 3 aliphatic rings. The Bertz CT molecular complexity index is 723. The third-order valence-electron chi connectivity index (χ3n) is 6.18. The van der Waals surface area contributed by atoms with E-state index in [-0.39, 0.29) is 36.2 Å². The predicted molar refractivity (Wildman–Crippen MR) is 105 cm³/mol. The Kier molecular flexibility index (Phi) is 5.76. The van der Waals surface area contributed by atoms with Crippen molar-refractivity contribution in [3.8, 4) is 0 Å². The number of imide groups is 1. The maximum absolute atomic E-state index is 13.4. The molecule has 28 heavy (non-hydrogen) atoms. The number of nitrogens with zero attached hydrogens (tertiary/aromatic N) is 2. The minimum absolute atomic E-state index is 0.0243. The lowest BCUT2D eigenvalue weighted by Gasteiger charge is -2.34. The van der Waals surface area contributed by atoms with Crippen molar-refractivity contribution in [2.45, 2.75) is 63.5 Å². The number of carbonyl (C=O) groups is 3. The van der Waals surface area contributed by atoms with Crippen molar-refractivity contribution < 1.29 is 19.1 Å². The van der Waals surface area contributed by atoms with E-state index >= 15 is 0 Å². The number of hydrogen-bond acceptors (Lipinski definition) is 4. The van der Waals surface area contributed by atoms with Crippen LogP contribution in [0.1, 0.15) is 51.4 Å². The van der Waals surface area contributed by atoms with Gasteiger partial charge >= 0.3 is 0 Å². The first-order chi connectivity index (χ1) is 13.6. The van der Waals surface area contributed by atoms with Crippen LogP contribution in [-0.4, -0.2) is 47.9 Å². The molecule has 2 aliphatic heterocycles. The fraction of sp³-hybridized carbons (Fsp3) is 0.591. The number of para-hydroxylation sites is 1. The summed E-state index contributed by atoms with van der Waals surface area (Å²) in [6.07, 6.45) is 6.90. The first-order valence-corrected chi connectivity index (χ1v) is 10.5. The van der Waals surface area contributed by atoms with E-state index < -0.39 is 6.04 Å². The molecule has 2 saturated heterocycles. The Morgan fingerprint density at radius 2 is 1.79 bits per heavy atom. The van der Waals surface area contributed by atoms with E-state index in [4.69, 9.17) is 4.74 Å². The standard InChI is InChI=1S/C22H28N2O4/c25-20-14-19(22(27)24(20)17-10-5-2-6-11-17)23(15-18-12-7-13-28-18)21(26)16-8-3-1-4-9-16/h2,5-6,10-11,16,18-19H,1,3-4,7-9,12-15H2. The molecular weight excluding hydrogens is 356 g/mol. The zero-order valence-electron chi connectivity index (χ0n) is 16.2. The Labute approximate surface area is 165 Å². The normalized spacial score (nSPS) is 26.1. The fourth-order valence-electron chi connectivity index (χ4n) is 4.67. The molecule has 0 aromatic heterocycles. The number of anilines is 1. The maximum atomic E-state index is 13.4. The highest BCUT2D eigenvalue weighted by atomic mass is 16.5. The molecule has 6 heteroatoms. The monoisotopic (exact) mass is 384 g/mol. The average Bonchev–Trinajstić information content (AvgIpc) is 3.34. The molecule has 2 unspecified atom stereocenters. The summed E-state index contributed by atoms with van der Waals surface area (Å²) < 4.78 is 5.75. The van der Waals surface area contributed by atoms with Gasteiger partial charge in [0.2, 0.25) is 11.8 Å². The molecule has 0 spiro atoms. The zero-order valence-corrected chi connectivity index (χ0v) is 16.2. The maximum Gasteiger partial charge on any atom is 0.257 e. The van der Waals surface area contributed by atoms with E-state index in [1.165, 1.54) is 4.90 Å². The summed E-state index contributed by atoms with van der Waals surface area (Å²) in [5.74, 6) is -0.548. The van der Waals surface area contributed by atoms with Crippen LogP contribution in [-0.2, 0) is 19.1 Å². The number of benzene rings is 1. The Morgan fingerprint density at radius 3 is 2.46 bits per heavy atom. The molecule has 4 rings (SSSR count). The van der Waals surface area contributed by atoms with Gasteiger partial charge in [-0.25, -0.2) is 4.90 Å². The smallest absolute Gasteiger partial charge is 0.257 e. The lowest BCUT2D eigenvalue weighted by molar-refractivity contribution is -0.144. The number of rotatable bonds is 5. The average molecular weight is 384 g/mol. The van der Waals surface area contributed by atoms with Crippen molar-refractivity contribution in [1.29, 1.82) is 0 Å². The Hall–Kier alpha value is -2.21. The van der Waals surface area contributed by atoms with Crippen LogP contribution in [0.2, 0.25) is 0 Å². The van der Waals surface area contributed by atoms with Crippen LogP contribution < -0.4 is 4.90 Å². The van der Waals surface area contributed by atoms with Crippen LogP contribution >= 0.6 is 0 Å². The van der Waals surface area contributed by atoms with Crippen LogP contribution in [0.4, 0.5) is 5.69 Å². The Balaban J connectivity index is 1.57. The van der Waals surface area contributed by atoms with Crippen molar-refractivity contribution in [3.63, 3.8) is 0 Å². The van der Waals surface area contributed by atoms with Gasteiger partial charge in [-0.1, -0.05) is 37.5 Å². The van der Waals surface area contributed by atoms with Crippen molar-refractivity contribution in [2.75, 3.05) is 18.1 Å². The van der Waals surface area contributed by atoms with Gasteiger partial charge in [0.15, 0.2) is 0 Å². The summed E-state index contributed by atoms with van der Waals surface area (Å²) >= 11 is 0. The second kappa shape index (κ2) is 8.43. The van der Waals surface area contributed by atoms with E-state index in [0.29, 0.717) is 18.8 Å². The lowest BCUT2D eigenvalue weighted by atomic mass is 9.87. The van der Waals surface area contributed by atoms with Gasteiger partial charge in [-0.2, -0.15) is 0 Å². The van der Waals surface area contributed by atoms with Gasteiger partial charge in [0.1, 0.15) is 6.04 Å². The van der Waals surface area contributed by atoms with Crippen molar-refractivity contribution in [3.05, 3.63) is 30.3 Å². The molecule has 2 atom stereocenters. The van der Waals surface area contributed by atoms with E-state index in [1.54, 1.807) is 29.2 Å². The molecular formula is C22H28N2O4. The summed E-state index contributed by atoms with van der Waals surface area (Å²) in [5.41, 5.74) is 0.571. The third-order valence-corrected chi connectivity index (χ3v) is 6.18. The van der Waals surface area contributed by atoms with Gasteiger partial charge in [0.25, 0.3) is 5.91 Å². The molecule has 0 N–H and O–H groups in total. The molecule has 1 aromatic rings. The molecule has 1 aliphatic carbocycles. The molecule has 1 saturated carbocycles. The summed E-state index contributed by atoms with van der Waals surface area (Å²) in [6.45, 7) is 1.10. The molecule has 2 heterocycles. The van der Waals surface area contributed by atoms with E-state index in [0.717, 1.165) is 44.9 Å². The van der Waals surface area contributed by atoms with Gasteiger partial charge in [-0.3, -0.25) is 14.4 Å². The zero-order chi connectivity index (χ0) is 19.5. The van der Waals surface area contributed by atoms with Crippen molar-refractivity contribution in [2.24, 2.45) is 5.92 Å². The largest absolute Gasteiger partial charge is 0.376 e. The van der Waals surface area contributed by atoms with Crippen molar-refractivity contribution >= 4 is 23.4 Å². The number of ether oxygens (including phenoxy) is 1. The van der Waals surface area contributed by atoms with Crippen LogP contribution in [0.15, 0.2) is 30.3 Å². The minimum atomic E-state index is -0.716. The van der Waals surface area contributed by atoms with Crippen LogP contribution in [0, 0.1) is 5.92 Å². The topological polar surface area (TPSA) is 66.9 Å². The van der Waals surface area contributed by atoms with E-state index in [2.05, 4.69) is 0 Å². The predicted octanol–water partition coefficient (Wildman–Crippen LogP) is 2.91. The number of hydrogen-bond donors (Lipinski definition) is 0. The third kappa shape index (κ3) is 3.83. The molecule has 3 amide bonds. The molecule has 0 bridgehead atoms. The van der Waals surface area contributed by atoms with E-state index in [9.17, 15) is 14.4 Å². The van der Waals surface area contributed by atoms with E-state index in [1.807, 2.05) is 6.07 Å². The first kappa shape index (κ1) is 19.1. The van der Waals surface area contributed by atoms with Crippen LogP contribution in [0.3, 0.4) is 0 Å². The second-order valence-corrected chi connectivity index (χ2v) is 8.08. The summed E-state index contributed by atoms with van der Waals surface area (Å²) in [7, 11) is 0. The van der Waals surface area contributed by atoms with Gasteiger partial charge in [-0.15, -0.1) is 0 Å². The quantitative estimate of drug-likeness (QED) is 0.732. The van der Waals surface area contributed by atoms with Crippen LogP contribution in [0.5, 0.6) is 0 Å². The molecule has 150 valence electrons. The molecule has 6 nitrogen and oxygen atoms in total. The van der Waals surface area contributed by atoms with Crippen LogP contribution in [0.25, 0.3) is 0 Å². The SMILES string of the molecule is O=C1CC(N(CC2CCCO2)C(=O)C2CCCCC2)C(=O)N1c1ccccc1. The lowest BCUT2D eigenvalue weighted by Crippen LogP contribution is -2.50. The number of amides is 3. The molecule has 1 aromatic carbocycles. The van der Waals surface area contributed by atoms with Gasteiger partial charge in [-0.05, 0) is 37.8 Å². The first-order valence-electron chi connectivity index (χ1n) is 10.5. The number of carbonyl (C=O) groups excluding carboxylic acids is 3. The summed E-state index contributed by atoms with van der Waals surface area (Å²) in [4.78, 5) is 42.1. The summed E-state index contributed by atoms with van der Waals surface area (Å²) in [6, 6.07) is 8.26. The fourth-order valence-corrected chi connectivity index (χ4v) is 4.67. The molecule has 0 radical (unpaired) electrons. The summed E-state index contributed by atoms with van der Waals surface area (Å²) in [5, 5.41) is 0. The second-order valence-electron chi connectivity index (χ2n) is 8.08. The highest BCUT2D eigenvalue weighted by molar-refractivity contribution is 6.23.